The average molecular weight is 204 g/mol. The Labute approximate surface area is 89.3 Å². The van der Waals surface area contributed by atoms with Crippen LogP contribution in [-0.2, 0) is 0 Å². The van der Waals surface area contributed by atoms with Gasteiger partial charge in [0.15, 0.2) is 5.65 Å². The van der Waals surface area contributed by atoms with Crippen molar-refractivity contribution in [2.24, 2.45) is 0 Å². The van der Waals surface area contributed by atoms with Crippen LogP contribution in [0.25, 0.3) is 11.2 Å². The second-order valence-electron chi connectivity index (χ2n) is 3.54. The quantitative estimate of drug-likeness (QED) is 0.832. The molecule has 80 valence electrons. The maximum absolute atomic E-state index is 4.52. The molecule has 0 saturated carbocycles. The molecule has 0 aliphatic carbocycles. The first kappa shape index (κ1) is 9.96. The third kappa shape index (κ3) is 1.79. The van der Waals surface area contributed by atoms with Crippen molar-refractivity contribution in [1.29, 1.82) is 0 Å². The van der Waals surface area contributed by atoms with E-state index < -0.39 is 0 Å². The number of pyridine rings is 1. The highest BCUT2D eigenvalue weighted by molar-refractivity contribution is 5.73. The van der Waals surface area contributed by atoms with E-state index in [-0.39, 0.29) is 0 Å². The summed E-state index contributed by atoms with van der Waals surface area (Å²) in [4.78, 5) is 14.2. The number of aryl methyl sites for hydroxylation is 1. The number of imidazole rings is 1. The molecule has 15 heavy (non-hydrogen) atoms. The molecule has 0 bridgehead atoms. The highest BCUT2D eigenvalue weighted by Crippen LogP contribution is 2.15. The number of aromatic nitrogens is 3. The molecule has 0 aromatic carbocycles. The van der Waals surface area contributed by atoms with E-state index in [0.29, 0.717) is 0 Å². The van der Waals surface area contributed by atoms with Crippen LogP contribution in [0.1, 0.15) is 19.7 Å². The Morgan fingerprint density at radius 1 is 1.20 bits per heavy atom. The summed E-state index contributed by atoms with van der Waals surface area (Å²) >= 11 is 0. The third-order valence-electron chi connectivity index (χ3n) is 2.54. The van der Waals surface area contributed by atoms with Gasteiger partial charge in [0, 0.05) is 13.1 Å². The van der Waals surface area contributed by atoms with Crippen LogP contribution >= 0.6 is 0 Å². The molecule has 0 spiro atoms. The maximum atomic E-state index is 4.52. The summed E-state index contributed by atoms with van der Waals surface area (Å²) < 4.78 is 0. The highest BCUT2D eigenvalue weighted by Gasteiger charge is 2.06. The van der Waals surface area contributed by atoms with Crippen LogP contribution < -0.4 is 4.90 Å². The zero-order chi connectivity index (χ0) is 10.8. The molecule has 0 aliphatic heterocycles. The van der Waals surface area contributed by atoms with Crippen molar-refractivity contribution in [3.05, 3.63) is 18.0 Å². The van der Waals surface area contributed by atoms with Gasteiger partial charge in [-0.25, -0.2) is 9.97 Å². The minimum atomic E-state index is 0.803. The fourth-order valence-electron chi connectivity index (χ4n) is 1.73. The molecule has 2 rings (SSSR count). The van der Waals surface area contributed by atoms with E-state index in [1.807, 2.05) is 19.1 Å². The molecule has 1 N–H and O–H groups in total. The number of nitrogens with zero attached hydrogens (tertiary/aromatic N) is 3. The Balaban J connectivity index is 2.45. The van der Waals surface area contributed by atoms with Crippen LogP contribution in [0.3, 0.4) is 0 Å². The van der Waals surface area contributed by atoms with E-state index >= 15 is 0 Å². The summed E-state index contributed by atoms with van der Waals surface area (Å²) in [6, 6.07) is 4.07. The van der Waals surface area contributed by atoms with Crippen LogP contribution in [-0.4, -0.2) is 28.0 Å². The van der Waals surface area contributed by atoms with E-state index in [4.69, 9.17) is 0 Å². The van der Waals surface area contributed by atoms with Crippen LogP contribution in [0, 0.1) is 6.92 Å². The molecule has 4 heteroatoms. The van der Waals surface area contributed by atoms with E-state index in [1.54, 1.807) is 0 Å². The molecule has 0 fully saturated rings. The predicted molar refractivity (Wildman–Crippen MR) is 62.2 cm³/mol. The molecule has 0 saturated heterocycles. The second-order valence-corrected chi connectivity index (χ2v) is 3.54. The van der Waals surface area contributed by atoms with Crippen LogP contribution in [0.2, 0.25) is 0 Å². The number of fused-ring (bicyclic) bond motifs is 1. The summed E-state index contributed by atoms with van der Waals surface area (Å²) in [6.07, 6.45) is 0. The van der Waals surface area contributed by atoms with Gasteiger partial charge in [0.2, 0.25) is 0 Å². The number of hydrogen-bond acceptors (Lipinski definition) is 3. The van der Waals surface area contributed by atoms with Gasteiger partial charge in [-0.15, -0.1) is 0 Å². The Morgan fingerprint density at radius 2 is 1.93 bits per heavy atom. The molecule has 0 amide bonds. The lowest BCUT2D eigenvalue weighted by molar-refractivity contribution is 0.849. The van der Waals surface area contributed by atoms with Gasteiger partial charge >= 0.3 is 0 Å². The molecule has 0 aliphatic rings. The Kier molecular flexibility index (Phi) is 2.58. The number of anilines is 1. The van der Waals surface area contributed by atoms with Gasteiger partial charge in [0.1, 0.15) is 11.6 Å². The highest BCUT2D eigenvalue weighted by atomic mass is 15.2. The topological polar surface area (TPSA) is 44.8 Å². The zero-order valence-corrected chi connectivity index (χ0v) is 9.41. The molecular weight excluding hydrogens is 188 g/mol. The lowest BCUT2D eigenvalue weighted by Crippen LogP contribution is -2.22. The maximum Gasteiger partial charge on any atom is 0.179 e. The molecule has 2 aromatic rings. The van der Waals surface area contributed by atoms with Gasteiger partial charge < -0.3 is 9.88 Å². The predicted octanol–water partition coefficient (Wildman–Crippen LogP) is 2.11. The standard InChI is InChI=1S/C11H16N4/c1-4-15(5-2)10-7-6-9-11(14-10)13-8(3)12-9/h6-7H,4-5H2,1-3H3,(H,12,13,14). The number of H-pyrrole nitrogens is 1. The summed E-state index contributed by atoms with van der Waals surface area (Å²) in [5.41, 5.74) is 1.81. The molecule has 4 nitrogen and oxygen atoms in total. The van der Waals surface area contributed by atoms with Crippen molar-refractivity contribution in [1.82, 2.24) is 15.0 Å². The Morgan fingerprint density at radius 3 is 2.60 bits per heavy atom. The van der Waals surface area contributed by atoms with Crippen molar-refractivity contribution in [3.8, 4) is 0 Å². The van der Waals surface area contributed by atoms with E-state index in [2.05, 4.69) is 33.7 Å². The molecule has 0 unspecified atom stereocenters. The first-order valence-corrected chi connectivity index (χ1v) is 5.33. The van der Waals surface area contributed by atoms with Gasteiger partial charge in [-0.2, -0.15) is 0 Å². The van der Waals surface area contributed by atoms with Crippen molar-refractivity contribution in [2.45, 2.75) is 20.8 Å². The minimum absolute atomic E-state index is 0.803. The lowest BCUT2D eigenvalue weighted by atomic mass is 10.4. The zero-order valence-electron chi connectivity index (χ0n) is 9.41. The molecule has 2 aromatic heterocycles. The largest absolute Gasteiger partial charge is 0.357 e. The van der Waals surface area contributed by atoms with Crippen LogP contribution in [0.15, 0.2) is 12.1 Å². The summed E-state index contributed by atoms with van der Waals surface area (Å²) in [5, 5.41) is 0. The lowest BCUT2D eigenvalue weighted by Gasteiger charge is -2.19. The van der Waals surface area contributed by atoms with Gasteiger partial charge in [-0.05, 0) is 32.9 Å². The van der Waals surface area contributed by atoms with Gasteiger partial charge in [-0.1, -0.05) is 0 Å². The number of nitrogens with one attached hydrogen (secondary N) is 1. The van der Waals surface area contributed by atoms with Crippen molar-refractivity contribution < 1.29 is 0 Å². The first-order valence-electron chi connectivity index (χ1n) is 5.33. The van der Waals surface area contributed by atoms with E-state index in [0.717, 1.165) is 35.9 Å². The second kappa shape index (κ2) is 3.88. The minimum Gasteiger partial charge on any atom is -0.357 e. The van der Waals surface area contributed by atoms with Gasteiger partial charge in [0.05, 0.1) is 5.52 Å². The SMILES string of the molecule is CCN(CC)c1ccc2[nH]c(C)nc2n1. The van der Waals surface area contributed by atoms with Gasteiger partial charge in [-0.3, -0.25) is 0 Å². The fraction of sp³-hybridized carbons (Fsp3) is 0.455. The third-order valence-corrected chi connectivity index (χ3v) is 2.54. The summed E-state index contributed by atoms with van der Waals surface area (Å²) in [6.45, 7) is 8.14. The number of hydrogen-bond donors (Lipinski definition) is 1. The smallest absolute Gasteiger partial charge is 0.179 e. The van der Waals surface area contributed by atoms with Crippen molar-refractivity contribution >= 4 is 17.0 Å². The summed E-state index contributed by atoms with van der Waals surface area (Å²) in [7, 11) is 0. The fourth-order valence-corrected chi connectivity index (χ4v) is 1.73. The van der Waals surface area contributed by atoms with Crippen LogP contribution in [0.4, 0.5) is 5.82 Å². The van der Waals surface area contributed by atoms with E-state index in [9.17, 15) is 0 Å². The molecular formula is C11H16N4. The number of rotatable bonds is 3. The van der Waals surface area contributed by atoms with Crippen molar-refractivity contribution in [2.75, 3.05) is 18.0 Å². The van der Waals surface area contributed by atoms with Gasteiger partial charge in [0.25, 0.3) is 0 Å². The van der Waals surface area contributed by atoms with Crippen molar-refractivity contribution in [3.63, 3.8) is 0 Å². The summed E-state index contributed by atoms with van der Waals surface area (Å²) in [5.74, 6) is 1.91. The number of aromatic amines is 1. The molecule has 0 radical (unpaired) electrons. The normalized spacial score (nSPS) is 10.9. The average Bonchev–Trinajstić information content (AvgIpc) is 2.59. The first-order chi connectivity index (χ1) is 7.24. The monoisotopic (exact) mass is 204 g/mol. The van der Waals surface area contributed by atoms with Crippen LogP contribution in [0.5, 0.6) is 0 Å². The molecule has 0 atom stereocenters. The Hall–Kier alpha value is -1.58. The van der Waals surface area contributed by atoms with E-state index in [1.165, 1.54) is 0 Å². The molecule has 2 heterocycles. The Bertz CT molecular complexity index is 457.